The second-order valence-corrected chi connectivity index (χ2v) is 14.4. The molecule has 134 valence electrons. The summed E-state index contributed by atoms with van der Waals surface area (Å²) >= 11 is 0. The summed E-state index contributed by atoms with van der Waals surface area (Å²) < 4.78 is 7.26. The van der Waals surface area contributed by atoms with E-state index in [0.29, 0.717) is 28.6 Å². The van der Waals surface area contributed by atoms with Crippen molar-refractivity contribution in [3.05, 3.63) is 24.8 Å². The smallest absolute Gasteiger partial charge is 0.200 e. The van der Waals surface area contributed by atoms with Crippen LogP contribution in [0.3, 0.4) is 0 Å². The number of hydrogen-bond acceptors (Lipinski definition) is 1. The summed E-state index contributed by atoms with van der Waals surface area (Å²) in [4.78, 5) is 0. The molecule has 1 nitrogen and oxygen atoms in total. The van der Waals surface area contributed by atoms with Gasteiger partial charge < -0.3 is 4.43 Å². The summed E-state index contributed by atoms with van der Waals surface area (Å²) in [6.07, 6.45) is 5.86. The van der Waals surface area contributed by atoms with E-state index in [0.717, 1.165) is 6.42 Å². The van der Waals surface area contributed by atoms with Crippen molar-refractivity contribution in [1.29, 1.82) is 0 Å². The third kappa shape index (κ3) is 3.84. The maximum Gasteiger partial charge on any atom is 0.200 e. The lowest BCUT2D eigenvalue weighted by Gasteiger charge is -2.48. The molecule has 0 radical (unpaired) electrons. The highest BCUT2D eigenvalue weighted by atomic mass is 28.4. The summed E-state index contributed by atoms with van der Waals surface area (Å²) in [6, 6.07) is 0. The molecule has 0 amide bonds. The summed E-state index contributed by atoms with van der Waals surface area (Å²) in [6.45, 7) is 27.1. The zero-order valence-corrected chi connectivity index (χ0v) is 17.9. The van der Waals surface area contributed by atoms with Crippen LogP contribution in [-0.4, -0.2) is 14.4 Å². The lowest BCUT2D eigenvalue weighted by Crippen LogP contribution is -2.53. The van der Waals surface area contributed by atoms with Crippen LogP contribution in [0.4, 0.5) is 0 Å². The minimum atomic E-state index is -1.87. The molecule has 1 aliphatic rings. The Kier molecular flexibility index (Phi) is 6.92. The first-order valence-electron chi connectivity index (χ1n) is 9.47. The molecular weight excluding hydrogens is 296 g/mol. The fourth-order valence-electron chi connectivity index (χ4n) is 5.17. The van der Waals surface area contributed by atoms with Gasteiger partial charge in [0, 0.05) is 5.92 Å². The molecule has 0 unspecified atom stereocenters. The molecule has 1 saturated carbocycles. The molecule has 1 rings (SSSR count). The zero-order chi connectivity index (χ0) is 18.0. The van der Waals surface area contributed by atoms with Crippen LogP contribution in [0.15, 0.2) is 24.8 Å². The van der Waals surface area contributed by atoms with Gasteiger partial charge in [0.2, 0.25) is 8.32 Å². The van der Waals surface area contributed by atoms with Crippen LogP contribution >= 0.6 is 0 Å². The molecule has 0 spiro atoms. The van der Waals surface area contributed by atoms with E-state index in [1.807, 2.05) is 0 Å². The van der Waals surface area contributed by atoms with E-state index in [9.17, 15) is 0 Å². The molecule has 0 aromatic rings. The Morgan fingerprint density at radius 3 is 2.00 bits per heavy atom. The largest absolute Gasteiger partial charge is 0.412 e. The highest BCUT2D eigenvalue weighted by Crippen LogP contribution is 2.53. The van der Waals surface area contributed by atoms with Crippen molar-refractivity contribution in [3.8, 4) is 0 Å². The van der Waals surface area contributed by atoms with E-state index in [4.69, 9.17) is 4.43 Å². The molecule has 3 atom stereocenters. The molecule has 0 N–H and O–H groups in total. The third-order valence-corrected chi connectivity index (χ3v) is 12.4. The Hall–Kier alpha value is -0.343. The fourth-order valence-corrected chi connectivity index (χ4v) is 10.9. The molecule has 23 heavy (non-hydrogen) atoms. The maximum atomic E-state index is 7.26. The number of allylic oxidation sites excluding steroid dienone is 1. The zero-order valence-electron chi connectivity index (χ0n) is 16.9. The lowest BCUT2D eigenvalue weighted by molar-refractivity contribution is 0.0524. The van der Waals surface area contributed by atoms with E-state index in [1.165, 1.54) is 18.4 Å². The van der Waals surface area contributed by atoms with Gasteiger partial charge in [-0.1, -0.05) is 66.7 Å². The average Bonchev–Trinajstić information content (AvgIpc) is 2.72. The van der Waals surface area contributed by atoms with E-state index < -0.39 is 8.32 Å². The third-order valence-electron chi connectivity index (χ3n) is 6.36. The van der Waals surface area contributed by atoms with Gasteiger partial charge in [0.05, 0.1) is 6.10 Å². The quantitative estimate of drug-likeness (QED) is 0.339. The van der Waals surface area contributed by atoms with E-state index in [-0.39, 0.29) is 5.41 Å². The van der Waals surface area contributed by atoms with Crippen LogP contribution in [-0.2, 0) is 4.43 Å². The molecule has 0 bridgehead atoms. The van der Waals surface area contributed by atoms with Gasteiger partial charge in [0.15, 0.2) is 0 Å². The van der Waals surface area contributed by atoms with Gasteiger partial charge in [-0.2, -0.15) is 0 Å². The Labute approximate surface area is 146 Å². The summed E-state index contributed by atoms with van der Waals surface area (Å²) in [7, 11) is -1.87. The van der Waals surface area contributed by atoms with E-state index >= 15 is 0 Å². The Morgan fingerprint density at radius 2 is 1.65 bits per heavy atom. The van der Waals surface area contributed by atoms with Crippen molar-refractivity contribution in [3.63, 3.8) is 0 Å². The highest BCUT2D eigenvalue weighted by molar-refractivity contribution is 6.77. The van der Waals surface area contributed by atoms with Gasteiger partial charge in [-0.15, -0.1) is 6.58 Å². The van der Waals surface area contributed by atoms with Crippen LogP contribution in [0.25, 0.3) is 0 Å². The second kappa shape index (κ2) is 7.69. The Bertz CT molecular complexity index is 402. The standard InChI is InChI=1S/C21H40OSi/c1-11-13-21(10)14-12-19(15(2)3)20(21)22-23(16(4)5,17(6)7)18(8)9/h11,16-20H,1-2,12-14H2,3-10H3/t19-,20-,21-/m0/s1. The topological polar surface area (TPSA) is 9.23 Å². The van der Waals surface area contributed by atoms with Crippen molar-refractivity contribution in [2.75, 3.05) is 0 Å². The van der Waals surface area contributed by atoms with Gasteiger partial charge in [-0.25, -0.2) is 0 Å². The lowest BCUT2D eigenvalue weighted by atomic mass is 9.80. The first kappa shape index (κ1) is 20.7. The summed E-state index contributed by atoms with van der Waals surface area (Å²) in [5.74, 6) is 0.503. The molecule has 0 aromatic heterocycles. The van der Waals surface area contributed by atoms with Gasteiger partial charge in [0.25, 0.3) is 0 Å². The van der Waals surface area contributed by atoms with Crippen molar-refractivity contribution in [2.24, 2.45) is 11.3 Å². The molecule has 1 aliphatic carbocycles. The monoisotopic (exact) mass is 336 g/mol. The van der Waals surface area contributed by atoms with Crippen LogP contribution in [0.2, 0.25) is 16.6 Å². The van der Waals surface area contributed by atoms with Crippen LogP contribution in [0, 0.1) is 11.3 Å². The minimum absolute atomic E-state index is 0.211. The SMILES string of the molecule is C=CC[C@@]1(C)CC[C@@H](C(=C)C)[C@@H]1O[Si](C(C)C)(C(C)C)C(C)C. The summed E-state index contributed by atoms with van der Waals surface area (Å²) in [5, 5.41) is 0. The van der Waals surface area contributed by atoms with Crippen LogP contribution in [0.1, 0.15) is 74.7 Å². The Balaban J connectivity index is 3.29. The average molecular weight is 337 g/mol. The van der Waals surface area contributed by atoms with Gasteiger partial charge in [-0.05, 0) is 48.2 Å². The van der Waals surface area contributed by atoms with Crippen molar-refractivity contribution in [1.82, 2.24) is 0 Å². The predicted octanol–water partition coefficient (Wildman–Crippen LogP) is 7.12. The van der Waals surface area contributed by atoms with Crippen molar-refractivity contribution >= 4 is 8.32 Å². The first-order chi connectivity index (χ1) is 10.5. The maximum absolute atomic E-state index is 7.26. The molecule has 0 aliphatic heterocycles. The first-order valence-corrected chi connectivity index (χ1v) is 11.6. The second-order valence-electron chi connectivity index (χ2n) is 8.99. The molecule has 2 heteroatoms. The van der Waals surface area contributed by atoms with Gasteiger partial charge >= 0.3 is 0 Å². The number of rotatable bonds is 8. The molecule has 0 heterocycles. The highest BCUT2D eigenvalue weighted by Gasteiger charge is 2.53. The Morgan fingerprint density at radius 1 is 1.17 bits per heavy atom. The molecular formula is C21H40OSi. The van der Waals surface area contributed by atoms with Crippen LogP contribution in [0.5, 0.6) is 0 Å². The van der Waals surface area contributed by atoms with E-state index in [2.05, 4.69) is 74.6 Å². The van der Waals surface area contributed by atoms with Gasteiger partial charge in [0.1, 0.15) is 0 Å². The predicted molar refractivity (Wildman–Crippen MR) is 106 cm³/mol. The molecule has 0 saturated heterocycles. The number of hydrogen-bond donors (Lipinski definition) is 0. The summed E-state index contributed by atoms with van der Waals surface area (Å²) in [5.41, 5.74) is 3.38. The molecule has 0 aromatic carbocycles. The fraction of sp³-hybridized carbons (Fsp3) is 0.810. The van der Waals surface area contributed by atoms with Gasteiger partial charge in [-0.3, -0.25) is 0 Å². The molecule has 1 fully saturated rings. The normalized spacial score (nSPS) is 28.8. The van der Waals surface area contributed by atoms with Crippen molar-refractivity contribution < 1.29 is 4.43 Å². The van der Waals surface area contributed by atoms with Crippen LogP contribution < -0.4 is 0 Å². The minimum Gasteiger partial charge on any atom is -0.412 e. The van der Waals surface area contributed by atoms with E-state index in [1.54, 1.807) is 0 Å². The van der Waals surface area contributed by atoms with Crippen molar-refractivity contribution in [2.45, 2.75) is 97.4 Å².